The first-order chi connectivity index (χ1) is 9.11. The molecular formula is C12H10N2O3S2. The van der Waals surface area contributed by atoms with Gasteiger partial charge in [-0.15, -0.1) is 0 Å². The van der Waals surface area contributed by atoms with Crippen molar-refractivity contribution in [1.82, 2.24) is 5.01 Å². The Morgan fingerprint density at radius 3 is 2.68 bits per heavy atom. The standard InChI is InChI=1S/C12H10N2O3S2/c1-17-11(16)9-4-2-8(3-5-9)6-13-14-10(15)7-19-12(14)18/h2-6H,7H2,1H3. The van der Waals surface area contributed by atoms with Crippen molar-refractivity contribution in [1.29, 1.82) is 0 Å². The molecule has 1 amide bonds. The molecule has 1 heterocycles. The third-order valence-electron chi connectivity index (χ3n) is 2.38. The highest BCUT2D eigenvalue weighted by atomic mass is 32.2. The number of amides is 1. The van der Waals surface area contributed by atoms with E-state index in [1.807, 2.05) is 0 Å². The molecule has 0 aromatic heterocycles. The topological polar surface area (TPSA) is 59.0 Å². The fourth-order valence-corrected chi connectivity index (χ4v) is 2.37. The number of benzene rings is 1. The lowest BCUT2D eigenvalue weighted by molar-refractivity contribution is -0.123. The quantitative estimate of drug-likeness (QED) is 0.482. The summed E-state index contributed by atoms with van der Waals surface area (Å²) in [7, 11) is 1.33. The molecule has 98 valence electrons. The number of thiocarbonyl (C=S) groups is 1. The van der Waals surface area contributed by atoms with Crippen LogP contribution in [0.5, 0.6) is 0 Å². The second-order valence-electron chi connectivity index (χ2n) is 3.62. The first kappa shape index (κ1) is 13.7. The number of nitrogens with zero attached hydrogens (tertiary/aromatic N) is 2. The van der Waals surface area contributed by atoms with Crippen molar-refractivity contribution in [2.24, 2.45) is 5.10 Å². The molecule has 19 heavy (non-hydrogen) atoms. The highest BCUT2D eigenvalue weighted by Gasteiger charge is 2.25. The number of methoxy groups -OCH3 is 1. The first-order valence-electron chi connectivity index (χ1n) is 5.34. The monoisotopic (exact) mass is 294 g/mol. The van der Waals surface area contributed by atoms with Gasteiger partial charge in [-0.3, -0.25) is 4.79 Å². The van der Waals surface area contributed by atoms with Crippen molar-refractivity contribution < 1.29 is 14.3 Å². The zero-order chi connectivity index (χ0) is 13.8. The molecule has 1 fully saturated rings. The molecule has 1 aliphatic heterocycles. The maximum Gasteiger partial charge on any atom is 0.337 e. The summed E-state index contributed by atoms with van der Waals surface area (Å²) in [5.74, 6) is -0.189. The van der Waals surface area contributed by atoms with Crippen molar-refractivity contribution in [3.05, 3.63) is 35.4 Å². The molecule has 0 N–H and O–H groups in total. The third-order valence-corrected chi connectivity index (χ3v) is 3.72. The minimum atomic E-state index is -0.393. The number of hydrogen-bond acceptors (Lipinski definition) is 6. The van der Waals surface area contributed by atoms with E-state index in [9.17, 15) is 9.59 Å². The van der Waals surface area contributed by atoms with Gasteiger partial charge in [0.05, 0.1) is 24.6 Å². The molecule has 1 aromatic carbocycles. The molecule has 2 rings (SSSR count). The third kappa shape index (κ3) is 3.18. The van der Waals surface area contributed by atoms with Crippen LogP contribution < -0.4 is 0 Å². The summed E-state index contributed by atoms with van der Waals surface area (Å²) in [6.45, 7) is 0. The Morgan fingerprint density at radius 2 is 2.16 bits per heavy atom. The molecule has 0 unspecified atom stereocenters. The SMILES string of the molecule is COC(=O)c1ccc(C=NN2C(=O)CSC2=S)cc1. The molecule has 0 radical (unpaired) electrons. The fraction of sp³-hybridized carbons (Fsp3) is 0.167. The van der Waals surface area contributed by atoms with Crippen LogP contribution in [0, 0.1) is 0 Å². The van der Waals surface area contributed by atoms with Crippen LogP contribution in [0.1, 0.15) is 15.9 Å². The highest BCUT2D eigenvalue weighted by molar-refractivity contribution is 8.23. The molecule has 0 spiro atoms. The summed E-state index contributed by atoms with van der Waals surface area (Å²) in [5, 5.41) is 5.23. The van der Waals surface area contributed by atoms with E-state index >= 15 is 0 Å². The Hall–Kier alpha value is -1.73. The average molecular weight is 294 g/mol. The van der Waals surface area contributed by atoms with E-state index in [2.05, 4.69) is 9.84 Å². The van der Waals surface area contributed by atoms with Gasteiger partial charge in [-0.05, 0) is 17.7 Å². The van der Waals surface area contributed by atoms with Crippen LogP contribution in [0.25, 0.3) is 0 Å². The van der Waals surface area contributed by atoms with Gasteiger partial charge in [-0.1, -0.05) is 36.1 Å². The Balaban J connectivity index is 2.09. The molecule has 1 aromatic rings. The summed E-state index contributed by atoms with van der Waals surface area (Å²) in [4.78, 5) is 22.7. The van der Waals surface area contributed by atoms with Gasteiger partial charge in [0.1, 0.15) is 0 Å². The minimum Gasteiger partial charge on any atom is -0.465 e. The number of hydrazone groups is 1. The lowest BCUT2D eigenvalue weighted by atomic mass is 10.1. The van der Waals surface area contributed by atoms with E-state index in [4.69, 9.17) is 12.2 Å². The van der Waals surface area contributed by atoms with Crippen molar-refractivity contribution in [2.45, 2.75) is 0 Å². The van der Waals surface area contributed by atoms with Crippen LogP contribution in [0.2, 0.25) is 0 Å². The predicted octanol–water partition coefficient (Wildman–Crippen LogP) is 1.67. The summed E-state index contributed by atoms with van der Waals surface area (Å²) < 4.78 is 5.05. The second kappa shape index (κ2) is 5.94. The van der Waals surface area contributed by atoms with Crippen LogP contribution in [-0.4, -0.2) is 40.3 Å². The lowest BCUT2D eigenvalue weighted by Gasteiger charge is -2.06. The zero-order valence-corrected chi connectivity index (χ0v) is 11.7. The highest BCUT2D eigenvalue weighted by Crippen LogP contribution is 2.19. The van der Waals surface area contributed by atoms with E-state index in [1.54, 1.807) is 24.3 Å². The predicted molar refractivity (Wildman–Crippen MR) is 77.3 cm³/mol. The molecule has 0 atom stereocenters. The van der Waals surface area contributed by atoms with Gasteiger partial charge in [-0.25, -0.2) is 4.79 Å². The van der Waals surface area contributed by atoms with Crippen LogP contribution in [0.3, 0.4) is 0 Å². The molecule has 7 heteroatoms. The van der Waals surface area contributed by atoms with Gasteiger partial charge in [0, 0.05) is 0 Å². The van der Waals surface area contributed by atoms with Gasteiger partial charge in [0.15, 0.2) is 4.32 Å². The van der Waals surface area contributed by atoms with E-state index in [0.29, 0.717) is 15.6 Å². The maximum absolute atomic E-state index is 11.4. The average Bonchev–Trinajstić information content (AvgIpc) is 2.75. The smallest absolute Gasteiger partial charge is 0.337 e. The lowest BCUT2D eigenvalue weighted by Crippen LogP contribution is -2.22. The first-order valence-corrected chi connectivity index (χ1v) is 6.73. The van der Waals surface area contributed by atoms with Crippen LogP contribution in [0.4, 0.5) is 0 Å². The van der Waals surface area contributed by atoms with Gasteiger partial charge in [-0.2, -0.15) is 10.1 Å². The van der Waals surface area contributed by atoms with Crippen molar-refractivity contribution in [3.63, 3.8) is 0 Å². The Labute approximate surface area is 119 Å². The molecule has 1 saturated heterocycles. The van der Waals surface area contributed by atoms with Gasteiger partial charge in [0.25, 0.3) is 5.91 Å². The van der Waals surface area contributed by atoms with Gasteiger partial charge < -0.3 is 4.74 Å². The van der Waals surface area contributed by atoms with Crippen LogP contribution >= 0.6 is 24.0 Å². The van der Waals surface area contributed by atoms with Gasteiger partial charge >= 0.3 is 5.97 Å². The Morgan fingerprint density at radius 1 is 1.47 bits per heavy atom. The number of ether oxygens (including phenoxy) is 1. The molecule has 5 nitrogen and oxygen atoms in total. The van der Waals surface area contributed by atoms with Crippen molar-refractivity contribution >= 4 is 46.4 Å². The van der Waals surface area contributed by atoms with Gasteiger partial charge in [0.2, 0.25) is 0 Å². The fourth-order valence-electron chi connectivity index (χ4n) is 1.41. The molecule has 0 aliphatic carbocycles. The molecule has 1 aliphatic rings. The van der Waals surface area contributed by atoms with Crippen LogP contribution in [0.15, 0.2) is 29.4 Å². The number of carbonyl (C=O) groups excluding carboxylic acids is 2. The number of hydrogen-bond donors (Lipinski definition) is 0. The molecular weight excluding hydrogens is 284 g/mol. The van der Waals surface area contributed by atoms with Crippen LogP contribution in [-0.2, 0) is 9.53 Å². The summed E-state index contributed by atoms with van der Waals surface area (Å²) >= 11 is 6.29. The molecule has 0 saturated carbocycles. The Kier molecular flexibility index (Phi) is 4.28. The summed E-state index contributed by atoms with van der Waals surface area (Å²) in [6, 6.07) is 6.69. The number of carbonyl (C=O) groups is 2. The van der Waals surface area contributed by atoms with E-state index in [0.717, 1.165) is 5.56 Å². The maximum atomic E-state index is 11.4. The normalized spacial score (nSPS) is 15.3. The number of esters is 1. The van der Waals surface area contributed by atoms with E-state index in [-0.39, 0.29) is 5.91 Å². The zero-order valence-electron chi connectivity index (χ0n) is 10.0. The molecule has 0 bridgehead atoms. The Bertz CT molecular complexity index is 539. The summed E-state index contributed by atoms with van der Waals surface area (Å²) in [5.41, 5.74) is 1.23. The number of thioether (sulfide) groups is 1. The second-order valence-corrected chi connectivity index (χ2v) is 5.23. The van der Waals surface area contributed by atoms with E-state index in [1.165, 1.54) is 30.1 Å². The minimum absolute atomic E-state index is 0.127. The summed E-state index contributed by atoms with van der Waals surface area (Å²) in [6.07, 6.45) is 1.52. The van der Waals surface area contributed by atoms with E-state index < -0.39 is 5.97 Å². The van der Waals surface area contributed by atoms with Crippen molar-refractivity contribution in [3.8, 4) is 0 Å². The number of rotatable bonds is 3. The largest absolute Gasteiger partial charge is 0.465 e. The van der Waals surface area contributed by atoms with Crippen molar-refractivity contribution in [2.75, 3.05) is 12.9 Å².